The van der Waals surface area contributed by atoms with Crippen LogP contribution in [0.4, 0.5) is 10.1 Å². The highest BCUT2D eigenvalue weighted by molar-refractivity contribution is 9.10. The van der Waals surface area contributed by atoms with E-state index >= 15 is 0 Å². The first-order chi connectivity index (χ1) is 10.4. The van der Waals surface area contributed by atoms with E-state index in [1.165, 1.54) is 24.3 Å². The fraction of sp³-hybridized carbons (Fsp3) is 0.133. The molecule has 2 aromatic rings. The number of nitrogens with one attached hydrogen (secondary N) is 1. The minimum atomic E-state index is -0.573. The zero-order valence-corrected chi connectivity index (χ0v) is 13.2. The Morgan fingerprint density at radius 2 is 2.05 bits per heavy atom. The number of aryl methyl sites for hydroxylation is 1. The molecule has 0 heterocycles. The number of hydrogen-bond acceptors (Lipinski definition) is 3. The van der Waals surface area contributed by atoms with E-state index in [2.05, 4.69) is 21.2 Å². The van der Waals surface area contributed by atoms with Crippen LogP contribution >= 0.6 is 15.9 Å². The highest BCUT2D eigenvalue weighted by Crippen LogP contribution is 2.25. The Labute approximate surface area is 134 Å². The normalized spacial score (nSPS) is 10.3. The molecule has 0 unspecified atom stereocenters. The van der Waals surface area contributed by atoms with Crippen molar-refractivity contribution in [3.8, 4) is 0 Å². The molecule has 2 rings (SSSR count). The van der Waals surface area contributed by atoms with Crippen LogP contribution in [0.5, 0.6) is 0 Å². The fourth-order valence-corrected chi connectivity index (χ4v) is 2.22. The van der Waals surface area contributed by atoms with Gasteiger partial charge in [0.1, 0.15) is 5.82 Å². The SMILES string of the molecule is Cc1ccc(CNC(=O)c2ccc(Br)c([N+](=O)[O-])c2)cc1F. The average molecular weight is 367 g/mol. The molecule has 0 bridgehead atoms. The monoisotopic (exact) mass is 366 g/mol. The average Bonchev–Trinajstić information content (AvgIpc) is 2.48. The van der Waals surface area contributed by atoms with Gasteiger partial charge in [0.05, 0.1) is 9.40 Å². The molecule has 2 aromatic carbocycles. The lowest BCUT2D eigenvalue weighted by atomic mass is 10.1. The molecular weight excluding hydrogens is 355 g/mol. The van der Waals surface area contributed by atoms with Crippen molar-refractivity contribution in [2.45, 2.75) is 13.5 Å². The number of hydrogen-bond donors (Lipinski definition) is 1. The summed E-state index contributed by atoms with van der Waals surface area (Å²) in [5, 5.41) is 13.5. The van der Waals surface area contributed by atoms with Gasteiger partial charge in [0.2, 0.25) is 0 Å². The number of nitrogens with zero attached hydrogens (tertiary/aromatic N) is 1. The van der Waals surface area contributed by atoms with Crippen molar-refractivity contribution in [2.24, 2.45) is 0 Å². The van der Waals surface area contributed by atoms with E-state index in [0.29, 0.717) is 15.6 Å². The maximum absolute atomic E-state index is 13.4. The highest BCUT2D eigenvalue weighted by atomic mass is 79.9. The van der Waals surface area contributed by atoms with Crippen LogP contribution in [0.2, 0.25) is 0 Å². The van der Waals surface area contributed by atoms with Crippen molar-refractivity contribution < 1.29 is 14.1 Å². The van der Waals surface area contributed by atoms with Crippen molar-refractivity contribution in [1.82, 2.24) is 5.32 Å². The molecule has 7 heteroatoms. The molecule has 0 aliphatic carbocycles. The van der Waals surface area contributed by atoms with Gasteiger partial charge in [-0.3, -0.25) is 14.9 Å². The summed E-state index contributed by atoms with van der Waals surface area (Å²) in [5.74, 6) is -0.803. The number of rotatable bonds is 4. The second kappa shape index (κ2) is 6.65. The van der Waals surface area contributed by atoms with Crippen molar-refractivity contribution in [3.63, 3.8) is 0 Å². The summed E-state index contributed by atoms with van der Waals surface area (Å²) in [6.07, 6.45) is 0. The lowest BCUT2D eigenvalue weighted by Gasteiger charge is -2.07. The number of carbonyl (C=O) groups excluding carboxylic acids is 1. The first-order valence-corrected chi connectivity index (χ1v) is 7.15. The molecular formula is C15H12BrFN2O3. The van der Waals surface area contributed by atoms with Crippen LogP contribution in [0.1, 0.15) is 21.5 Å². The number of nitro groups is 1. The maximum Gasteiger partial charge on any atom is 0.284 e. The van der Waals surface area contributed by atoms with Crippen LogP contribution < -0.4 is 5.32 Å². The van der Waals surface area contributed by atoms with Gasteiger partial charge < -0.3 is 5.32 Å². The molecule has 1 amide bonds. The Morgan fingerprint density at radius 3 is 2.68 bits per heavy atom. The van der Waals surface area contributed by atoms with Crippen LogP contribution in [-0.4, -0.2) is 10.8 Å². The standard InChI is InChI=1S/C15H12BrFN2O3/c1-9-2-3-10(6-13(9)17)8-18-15(20)11-4-5-12(16)14(7-11)19(21)22/h2-7H,8H2,1H3,(H,18,20). The minimum absolute atomic E-state index is 0.139. The van der Waals surface area contributed by atoms with Gasteiger partial charge in [-0.1, -0.05) is 12.1 Å². The molecule has 0 aliphatic heterocycles. The Morgan fingerprint density at radius 1 is 1.32 bits per heavy atom. The summed E-state index contributed by atoms with van der Waals surface area (Å²) in [7, 11) is 0. The van der Waals surface area contributed by atoms with E-state index in [4.69, 9.17) is 0 Å². The largest absolute Gasteiger partial charge is 0.348 e. The van der Waals surface area contributed by atoms with Gasteiger partial charge in [0.15, 0.2) is 0 Å². The van der Waals surface area contributed by atoms with Gasteiger partial charge in [0.25, 0.3) is 11.6 Å². The predicted octanol–water partition coefficient (Wildman–Crippen LogP) is 3.73. The molecule has 0 aliphatic rings. The molecule has 0 spiro atoms. The number of amides is 1. The van der Waals surface area contributed by atoms with Crippen LogP contribution in [0.25, 0.3) is 0 Å². The zero-order chi connectivity index (χ0) is 16.3. The molecule has 0 saturated carbocycles. The number of halogens is 2. The smallest absolute Gasteiger partial charge is 0.284 e. The van der Waals surface area contributed by atoms with E-state index in [1.54, 1.807) is 19.1 Å². The van der Waals surface area contributed by atoms with Gasteiger partial charge in [0, 0.05) is 18.2 Å². The lowest BCUT2D eigenvalue weighted by molar-refractivity contribution is -0.385. The Bertz CT molecular complexity index is 750. The molecule has 22 heavy (non-hydrogen) atoms. The van der Waals surface area contributed by atoms with E-state index < -0.39 is 10.8 Å². The number of benzene rings is 2. The van der Waals surface area contributed by atoms with Crippen molar-refractivity contribution in [3.05, 3.63) is 73.5 Å². The molecule has 114 valence electrons. The van der Waals surface area contributed by atoms with Crippen LogP contribution in [0.15, 0.2) is 40.9 Å². The van der Waals surface area contributed by atoms with E-state index in [0.717, 1.165) is 0 Å². The van der Waals surface area contributed by atoms with Crippen molar-refractivity contribution in [2.75, 3.05) is 0 Å². The van der Waals surface area contributed by atoms with Crippen LogP contribution in [0.3, 0.4) is 0 Å². The summed E-state index contributed by atoms with van der Waals surface area (Å²) in [6.45, 7) is 1.79. The number of carbonyl (C=O) groups is 1. The minimum Gasteiger partial charge on any atom is -0.348 e. The van der Waals surface area contributed by atoms with Gasteiger partial charge in [-0.2, -0.15) is 0 Å². The molecule has 0 saturated heterocycles. The molecule has 5 nitrogen and oxygen atoms in total. The molecule has 0 radical (unpaired) electrons. The van der Waals surface area contributed by atoms with E-state index in [1.807, 2.05) is 0 Å². The quantitative estimate of drug-likeness (QED) is 0.661. The fourth-order valence-electron chi connectivity index (χ4n) is 1.82. The Kier molecular flexibility index (Phi) is 4.87. The topological polar surface area (TPSA) is 72.2 Å². The second-order valence-electron chi connectivity index (χ2n) is 4.69. The summed E-state index contributed by atoms with van der Waals surface area (Å²) in [6, 6.07) is 8.79. The maximum atomic E-state index is 13.4. The predicted molar refractivity (Wildman–Crippen MR) is 83.1 cm³/mol. The highest BCUT2D eigenvalue weighted by Gasteiger charge is 2.15. The number of nitro benzene ring substituents is 1. The third kappa shape index (κ3) is 3.67. The third-order valence-electron chi connectivity index (χ3n) is 3.09. The summed E-state index contributed by atoms with van der Waals surface area (Å²) < 4.78 is 13.7. The van der Waals surface area contributed by atoms with Crippen LogP contribution in [0, 0.1) is 22.9 Å². The van der Waals surface area contributed by atoms with E-state index in [-0.39, 0.29) is 23.6 Å². The first kappa shape index (κ1) is 16.1. The van der Waals surface area contributed by atoms with Crippen molar-refractivity contribution in [1.29, 1.82) is 0 Å². The summed E-state index contributed by atoms with van der Waals surface area (Å²) in [4.78, 5) is 22.3. The second-order valence-corrected chi connectivity index (χ2v) is 5.54. The van der Waals surface area contributed by atoms with Gasteiger partial charge in [-0.05, 0) is 52.2 Å². The van der Waals surface area contributed by atoms with Gasteiger partial charge in [-0.15, -0.1) is 0 Å². The molecule has 1 N–H and O–H groups in total. The molecule has 0 aromatic heterocycles. The van der Waals surface area contributed by atoms with Gasteiger partial charge in [-0.25, -0.2) is 4.39 Å². The third-order valence-corrected chi connectivity index (χ3v) is 3.76. The lowest BCUT2D eigenvalue weighted by Crippen LogP contribution is -2.23. The summed E-state index contributed by atoms with van der Waals surface area (Å²) >= 11 is 3.06. The molecule has 0 fully saturated rings. The van der Waals surface area contributed by atoms with Gasteiger partial charge >= 0.3 is 0 Å². The first-order valence-electron chi connectivity index (χ1n) is 6.35. The summed E-state index contributed by atoms with van der Waals surface area (Å²) in [5.41, 5.74) is 1.12. The van der Waals surface area contributed by atoms with Crippen LogP contribution in [-0.2, 0) is 6.54 Å². The zero-order valence-electron chi connectivity index (χ0n) is 11.6. The Balaban J connectivity index is 2.10. The van der Waals surface area contributed by atoms with Crippen molar-refractivity contribution >= 4 is 27.5 Å². The Hall–Kier alpha value is -2.28. The van der Waals surface area contributed by atoms with E-state index in [9.17, 15) is 19.3 Å². The molecule has 0 atom stereocenters.